The molecule has 0 saturated heterocycles. The number of nitrogens with one attached hydrogen (secondary N) is 1. The van der Waals surface area contributed by atoms with E-state index in [1.807, 2.05) is 36.4 Å². The summed E-state index contributed by atoms with van der Waals surface area (Å²) in [6, 6.07) is 19.6. The molecule has 0 bridgehead atoms. The van der Waals surface area contributed by atoms with Gasteiger partial charge in [-0.2, -0.15) is 0 Å². The number of fused-ring (bicyclic) bond motifs is 1. The second-order valence-electron chi connectivity index (χ2n) is 7.43. The number of imidazole rings is 1. The highest BCUT2D eigenvalue weighted by Gasteiger charge is 2.11. The Bertz CT molecular complexity index is 1150. The second-order valence-corrected chi connectivity index (χ2v) is 7.43. The Kier molecular flexibility index (Phi) is 6.57. The number of carbonyl (C=O) groups is 1. The van der Waals surface area contributed by atoms with Crippen molar-refractivity contribution in [3.05, 3.63) is 90.0 Å². The van der Waals surface area contributed by atoms with Crippen molar-refractivity contribution in [2.45, 2.75) is 26.3 Å². The first-order valence-electron chi connectivity index (χ1n) is 10.5. The molecule has 2 heterocycles. The molecule has 4 aromatic rings. The first-order chi connectivity index (χ1) is 15.2. The minimum Gasteiger partial charge on any atom is -0.492 e. The van der Waals surface area contributed by atoms with E-state index in [1.54, 1.807) is 24.5 Å². The standard InChI is InChI=1S/C25H26N4O2/c1-19-6-4-7-21(18-19)31-17-16-29-23-9-3-2-8-22(23)28-24(29)10-5-13-27-25(30)20-11-14-26-15-12-20/h2-4,6-9,11-12,14-15,18H,5,10,13,16-17H2,1H3,(H,27,30). The highest BCUT2D eigenvalue weighted by molar-refractivity contribution is 5.93. The Hall–Kier alpha value is -3.67. The SMILES string of the molecule is Cc1cccc(OCCn2c(CCCNC(=O)c3ccncc3)nc3ccccc32)c1. The first-order valence-corrected chi connectivity index (χ1v) is 10.5. The van der Waals surface area contributed by atoms with Gasteiger partial charge in [0.1, 0.15) is 18.2 Å². The van der Waals surface area contributed by atoms with Crippen molar-refractivity contribution in [2.24, 2.45) is 0 Å². The highest BCUT2D eigenvalue weighted by Crippen LogP contribution is 2.18. The molecule has 0 aliphatic heterocycles. The maximum atomic E-state index is 12.2. The van der Waals surface area contributed by atoms with E-state index in [4.69, 9.17) is 9.72 Å². The van der Waals surface area contributed by atoms with Gasteiger partial charge in [0.15, 0.2) is 0 Å². The maximum Gasteiger partial charge on any atom is 0.251 e. The van der Waals surface area contributed by atoms with Gasteiger partial charge < -0.3 is 14.6 Å². The van der Waals surface area contributed by atoms with E-state index in [-0.39, 0.29) is 5.91 Å². The summed E-state index contributed by atoms with van der Waals surface area (Å²) < 4.78 is 8.18. The number of amides is 1. The Labute approximate surface area is 181 Å². The van der Waals surface area contributed by atoms with Crippen LogP contribution in [0.15, 0.2) is 73.1 Å². The number of aromatic nitrogens is 3. The van der Waals surface area contributed by atoms with Crippen molar-refractivity contribution < 1.29 is 9.53 Å². The summed E-state index contributed by atoms with van der Waals surface area (Å²) in [5, 5.41) is 2.96. The summed E-state index contributed by atoms with van der Waals surface area (Å²) in [6.07, 6.45) is 4.82. The number of ether oxygens (including phenoxy) is 1. The minimum atomic E-state index is -0.0811. The molecule has 0 aliphatic carbocycles. The number of aryl methyl sites for hydroxylation is 2. The summed E-state index contributed by atoms with van der Waals surface area (Å²) >= 11 is 0. The molecule has 0 spiro atoms. The van der Waals surface area contributed by atoms with Crippen LogP contribution in [0.25, 0.3) is 11.0 Å². The molecular formula is C25H26N4O2. The van der Waals surface area contributed by atoms with Gasteiger partial charge in [0.2, 0.25) is 0 Å². The van der Waals surface area contributed by atoms with Crippen LogP contribution in [0.4, 0.5) is 0 Å². The number of pyridine rings is 1. The zero-order valence-corrected chi connectivity index (χ0v) is 17.6. The number of hydrogen-bond acceptors (Lipinski definition) is 4. The van der Waals surface area contributed by atoms with Gasteiger partial charge in [-0.05, 0) is 55.3 Å². The number of para-hydroxylation sites is 2. The number of hydrogen-bond donors (Lipinski definition) is 1. The third-order valence-electron chi connectivity index (χ3n) is 5.11. The Morgan fingerprint density at radius 2 is 1.90 bits per heavy atom. The zero-order chi connectivity index (χ0) is 21.5. The van der Waals surface area contributed by atoms with Crippen LogP contribution in [0, 0.1) is 6.92 Å². The molecule has 0 saturated carbocycles. The first kappa shape index (κ1) is 20.6. The van der Waals surface area contributed by atoms with E-state index >= 15 is 0 Å². The number of benzene rings is 2. The van der Waals surface area contributed by atoms with E-state index in [0.29, 0.717) is 25.3 Å². The van der Waals surface area contributed by atoms with E-state index in [2.05, 4.69) is 33.9 Å². The van der Waals surface area contributed by atoms with Crippen LogP contribution < -0.4 is 10.1 Å². The molecule has 31 heavy (non-hydrogen) atoms. The van der Waals surface area contributed by atoms with Gasteiger partial charge in [0, 0.05) is 30.9 Å². The maximum absolute atomic E-state index is 12.2. The van der Waals surface area contributed by atoms with Crippen LogP contribution >= 0.6 is 0 Å². The smallest absolute Gasteiger partial charge is 0.251 e. The molecule has 0 fully saturated rings. The molecule has 1 amide bonds. The van der Waals surface area contributed by atoms with Crippen molar-refractivity contribution in [1.29, 1.82) is 0 Å². The third-order valence-corrected chi connectivity index (χ3v) is 5.11. The van der Waals surface area contributed by atoms with Crippen LogP contribution in [0.5, 0.6) is 5.75 Å². The largest absolute Gasteiger partial charge is 0.492 e. The zero-order valence-electron chi connectivity index (χ0n) is 17.6. The van der Waals surface area contributed by atoms with E-state index in [1.165, 1.54) is 5.56 Å². The summed E-state index contributed by atoms with van der Waals surface area (Å²) in [7, 11) is 0. The van der Waals surface area contributed by atoms with Gasteiger partial charge in [-0.15, -0.1) is 0 Å². The second kappa shape index (κ2) is 9.89. The molecule has 6 nitrogen and oxygen atoms in total. The van der Waals surface area contributed by atoms with Crippen molar-refractivity contribution in [1.82, 2.24) is 19.9 Å². The normalized spacial score (nSPS) is 10.9. The molecule has 0 aliphatic rings. The fourth-order valence-electron chi connectivity index (χ4n) is 3.58. The minimum absolute atomic E-state index is 0.0811. The summed E-state index contributed by atoms with van der Waals surface area (Å²) in [4.78, 5) is 20.9. The van der Waals surface area contributed by atoms with Gasteiger partial charge in [-0.1, -0.05) is 24.3 Å². The number of carbonyl (C=O) groups excluding carboxylic acids is 1. The quantitative estimate of drug-likeness (QED) is 0.417. The molecule has 6 heteroatoms. The molecule has 158 valence electrons. The molecule has 1 N–H and O–H groups in total. The van der Waals surface area contributed by atoms with Crippen LogP contribution in [0.1, 0.15) is 28.2 Å². The Morgan fingerprint density at radius 3 is 2.74 bits per heavy atom. The molecule has 0 radical (unpaired) electrons. The highest BCUT2D eigenvalue weighted by atomic mass is 16.5. The van der Waals surface area contributed by atoms with Crippen LogP contribution in [0.2, 0.25) is 0 Å². The lowest BCUT2D eigenvalue weighted by molar-refractivity contribution is 0.0953. The molecule has 4 rings (SSSR count). The summed E-state index contributed by atoms with van der Waals surface area (Å²) in [5.41, 5.74) is 3.88. The molecule has 0 atom stereocenters. The average molecular weight is 415 g/mol. The Morgan fingerprint density at radius 1 is 1.06 bits per heavy atom. The molecule has 0 unspecified atom stereocenters. The molecular weight excluding hydrogens is 388 g/mol. The monoisotopic (exact) mass is 414 g/mol. The van der Waals surface area contributed by atoms with Gasteiger partial charge in [0.05, 0.1) is 17.6 Å². The van der Waals surface area contributed by atoms with Crippen molar-refractivity contribution in [2.75, 3.05) is 13.2 Å². The Balaban J connectivity index is 1.37. The summed E-state index contributed by atoms with van der Waals surface area (Å²) in [5.74, 6) is 1.81. The predicted octanol–water partition coefficient (Wildman–Crippen LogP) is 4.18. The van der Waals surface area contributed by atoms with Gasteiger partial charge in [-0.25, -0.2) is 4.98 Å². The van der Waals surface area contributed by atoms with E-state index in [0.717, 1.165) is 35.4 Å². The lowest BCUT2D eigenvalue weighted by Crippen LogP contribution is -2.25. The van der Waals surface area contributed by atoms with E-state index in [9.17, 15) is 4.79 Å². The van der Waals surface area contributed by atoms with Crippen molar-refractivity contribution in [3.8, 4) is 5.75 Å². The van der Waals surface area contributed by atoms with E-state index < -0.39 is 0 Å². The fraction of sp³-hybridized carbons (Fsp3) is 0.240. The number of nitrogens with zero attached hydrogens (tertiary/aromatic N) is 3. The predicted molar refractivity (Wildman–Crippen MR) is 121 cm³/mol. The number of rotatable bonds is 9. The fourth-order valence-corrected chi connectivity index (χ4v) is 3.58. The van der Waals surface area contributed by atoms with Gasteiger partial charge in [0.25, 0.3) is 5.91 Å². The lowest BCUT2D eigenvalue weighted by Gasteiger charge is -2.11. The van der Waals surface area contributed by atoms with Gasteiger partial charge in [-0.3, -0.25) is 9.78 Å². The van der Waals surface area contributed by atoms with Crippen LogP contribution in [-0.4, -0.2) is 33.6 Å². The molecule has 2 aromatic carbocycles. The topological polar surface area (TPSA) is 69.0 Å². The van der Waals surface area contributed by atoms with Crippen molar-refractivity contribution in [3.63, 3.8) is 0 Å². The van der Waals surface area contributed by atoms with Gasteiger partial charge >= 0.3 is 0 Å². The van der Waals surface area contributed by atoms with Crippen LogP contribution in [0.3, 0.4) is 0 Å². The van der Waals surface area contributed by atoms with Crippen LogP contribution in [-0.2, 0) is 13.0 Å². The lowest BCUT2D eigenvalue weighted by atomic mass is 10.2. The third kappa shape index (κ3) is 5.28. The van der Waals surface area contributed by atoms with Crippen molar-refractivity contribution >= 4 is 16.9 Å². The summed E-state index contributed by atoms with van der Waals surface area (Å²) in [6.45, 7) is 3.93. The average Bonchev–Trinajstić information content (AvgIpc) is 3.15. The molecule has 2 aromatic heterocycles.